The molecule has 2 unspecified atom stereocenters. The predicted molar refractivity (Wildman–Crippen MR) is 42.9 cm³/mol. The number of carboxylic acids is 1. The molecule has 0 fully saturated rings. The summed E-state index contributed by atoms with van der Waals surface area (Å²) < 4.78 is 0. The van der Waals surface area contributed by atoms with Crippen molar-refractivity contribution < 1.29 is 9.90 Å². The monoisotopic (exact) mass is 155 g/mol. The molecule has 62 valence electrons. The largest absolute Gasteiger partial charge is 0.480 e. The fraction of sp³-hybridized carbons (Fsp3) is 0.750. The second-order valence-electron chi connectivity index (χ2n) is 2.94. The van der Waals surface area contributed by atoms with E-state index in [-0.39, 0.29) is 0 Å². The number of aliphatic carboxylic acids is 1. The summed E-state index contributed by atoms with van der Waals surface area (Å²) in [5.41, 5.74) is 0. The van der Waals surface area contributed by atoms with Crippen LogP contribution in [0.1, 0.15) is 26.2 Å². The van der Waals surface area contributed by atoms with Gasteiger partial charge >= 0.3 is 5.97 Å². The number of hydrogen-bond donors (Lipinski definition) is 1. The molecule has 0 spiro atoms. The maximum Gasteiger partial charge on any atom is 0.328 e. The molecular formula is C8H13NO2. The Balaban J connectivity index is 2.36. The van der Waals surface area contributed by atoms with Gasteiger partial charge in [0.15, 0.2) is 0 Å². The highest BCUT2D eigenvalue weighted by atomic mass is 16.4. The van der Waals surface area contributed by atoms with Crippen molar-refractivity contribution in [3.8, 4) is 0 Å². The number of nitrogens with zero attached hydrogens (tertiary/aromatic N) is 1. The summed E-state index contributed by atoms with van der Waals surface area (Å²) in [6, 6.07) is -0.466. The molecule has 1 heterocycles. The van der Waals surface area contributed by atoms with Gasteiger partial charge in [-0.15, -0.1) is 0 Å². The van der Waals surface area contributed by atoms with Gasteiger partial charge in [-0.3, -0.25) is 4.99 Å². The zero-order valence-electron chi connectivity index (χ0n) is 6.66. The Labute approximate surface area is 66.1 Å². The van der Waals surface area contributed by atoms with E-state index >= 15 is 0 Å². The van der Waals surface area contributed by atoms with Crippen molar-refractivity contribution in [1.82, 2.24) is 0 Å². The maximum absolute atomic E-state index is 10.4. The van der Waals surface area contributed by atoms with Crippen LogP contribution in [0.4, 0.5) is 0 Å². The Bertz CT molecular complexity index is 177. The van der Waals surface area contributed by atoms with Crippen LogP contribution >= 0.6 is 0 Å². The number of hydrogen-bond acceptors (Lipinski definition) is 2. The van der Waals surface area contributed by atoms with Crippen LogP contribution in [0, 0.1) is 5.92 Å². The van der Waals surface area contributed by atoms with Gasteiger partial charge in [0.2, 0.25) is 0 Å². The summed E-state index contributed by atoms with van der Waals surface area (Å²) in [6.07, 6.45) is 4.65. The van der Waals surface area contributed by atoms with Gasteiger partial charge in [0, 0.05) is 6.21 Å². The van der Waals surface area contributed by atoms with Crippen LogP contribution < -0.4 is 0 Å². The molecule has 1 rings (SSSR count). The normalized spacial score (nSPS) is 29.2. The van der Waals surface area contributed by atoms with Crippen molar-refractivity contribution in [3.05, 3.63) is 0 Å². The highest BCUT2D eigenvalue weighted by Gasteiger charge is 2.24. The summed E-state index contributed by atoms with van der Waals surface area (Å²) in [4.78, 5) is 14.3. The second-order valence-corrected chi connectivity index (χ2v) is 2.94. The molecule has 0 aromatic rings. The number of carbonyl (C=O) groups is 1. The van der Waals surface area contributed by atoms with Gasteiger partial charge < -0.3 is 5.11 Å². The predicted octanol–water partition coefficient (Wildman–Crippen LogP) is 1.33. The SMILES string of the molecule is CCCC1C=NC(C(=O)O)C1. The molecule has 3 heteroatoms. The highest BCUT2D eigenvalue weighted by molar-refractivity contribution is 5.79. The molecule has 1 N–H and O–H groups in total. The second kappa shape index (κ2) is 3.51. The highest BCUT2D eigenvalue weighted by Crippen LogP contribution is 2.19. The topological polar surface area (TPSA) is 49.7 Å². The van der Waals surface area contributed by atoms with E-state index in [4.69, 9.17) is 5.11 Å². The van der Waals surface area contributed by atoms with Crippen molar-refractivity contribution in [2.75, 3.05) is 0 Å². The molecule has 0 aromatic heterocycles. The van der Waals surface area contributed by atoms with Gasteiger partial charge in [-0.05, 0) is 18.8 Å². The Morgan fingerprint density at radius 3 is 3.00 bits per heavy atom. The molecule has 0 aromatic carbocycles. The van der Waals surface area contributed by atoms with Crippen molar-refractivity contribution in [3.63, 3.8) is 0 Å². The van der Waals surface area contributed by atoms with Crippen LogP contribution in [0.2, 0.25) is 0 Å². The molecule has 0 aliphatic carbocycles. The molecular weight excluding hydrogens is 142 g/mol. The quantitative estimate of drug-likeness (QED) is 0.668. The van der Waals surface area contributed by atoms with Crippen LogP contribution in [0.5, 0.6) is 0 Å². The van der Waals surface area contributed by atoms with Gasteiger partial charge in [-0.1, -0.05) is 13.3 Å². The average Bonchev–Trinajstić information content (AvgIpc) is 2.37. The first-order valence-corrected chi connectivity index (χ1v) is 4.00. The van der Waals surface area contributed by atoms with Crippen LogP contribution in [-0.4, -0.2) is 23.3 Å². The van der Waals surface area contributed by atoms with Crippen LogP contribution in [-0.2, 0) is 4.79 Å². The zero-order valence-corrected chi connectivity index (χ0v) is 6.66. The summed E-state index contributed by atoms with van der Waals surface area (Å²) >= 11 is 0. The van der Waals surface area contributed by atoms with E-state index in [0.29, 0.717) is 12.3 Å². The van der Waals surface area contributed by atoms with Crippen molar-refractivity contribution in [1.29, 1.82) is 0 Å². The molecule has 1 aliphatic rings. The first kappa shape index (κ1) is 8.24. The van der Waals surface area contributed by atoms with Gasteiger partial charge in [0.05, 0.1) is 0 Å². The Hall–Kier alpha value is -0.860. The molecule has 0 bridgehead atoms. The third kappa shape index (κ3) is 2.03. The van der Waals surface area contributed by atoms with E-state index in [1.807, 2.05) is 0 Å². The first-order chi connectivity index (χ1) is 5.24. The van der Waals surface area contributed by atoms with Gasteiger partial charge in [-0.2, -0.15) is 0 Å². The lowest BCUT2D eigenvalue weighted by Gasteiger charge is -2.04. The number of carboxylic acid groups (broad SMARTS) is 1. The van der Waals surface area contributed by atoms with Crippen LogP contribution in [0.15, 0.2) is 4.99 Å². The number of rotatable bonds is 3. The Morgan fingerprint density at radius 1 is 1.82 bits per heavy atom. The lowest BCUT2D eigenvalue weighted by atomic mass is 10.0. The molecule has 0 amide bonds. The molecule has 0 saturated heterocycles. The van der Waals surface area contributed by atoms with Crippen molar-refractivity contribution in [2.45, 2.75) is 32.2 Å². The minimum Gasteiger partial charge on any atom is -0.480 e. The molecule has 2 atom stereocenters. The first-order valence-electron chi connectivity index (χ1n) is 4.00. The minimum absolute atomic E-state index is 0.404. The van der Waals surface area contributed by atoms with E-state index in [0.717, 1.165) is 12.8 Å². The fourth-order valence-electron chi connectivity index (χ4n) is 1.36. The molecule has 11 heavy (non-hydrogen) atoms. The Kier molecular flexibility index (Phi) is 2.63. The van der Waals surface area contributed by atoms with E-state index in [9.17, 15) is 4.79 Å². The van der Waals surface area contributed by atoms with Crippen molar-refractivity contribution >= 4 is 12.2 Å². The minimum atomic E-state index is -0.792. The third-order valence-electron chi connectivity index (χ3n) is 1.95. The molecule has 3 nitrogen and oxygen atoms in total. The summed E-state index contributed by atoms with van der Waals surface area (Å²) in [5.74, 6) is -0.388. The smallest absolute Gasteiger partial charge is 0.328 e. The van der Waals surface area contributed by atoms with E-state index in [1.54, 1.807) is 6.21 Å². The fourth-order valence-corrected chi connectivity index (χ4v) is 1.36. The summed E-state index contributed by atoms with van der Waals surface area (Å²) in [7, 11) is 0. The maximum atomic E-state index is 10.4. The van der Waals surface area contributed by atoms with Crippen LogP contribution in [0.3, 0.4) is 0 Å². The van der Waals surface area contributed by atoms with Gasteiger partial charge in [0.25, 0.3) is 0 Å². The Morgan fingerprint density at radius 2 is 2.55 bits per heavy atom. The molecule has 1 aliphatic heterocycles. The standard InChI is InChI=1S/C8H13NO2/c1-2-3-6-4-7(8(10)11)9-5-6/h5-7H,2-4H2,1H3,(H,10,11). The average molecular weight is 155 g/mol. The summed E-state index contributed by atoms with van der Waals surface area (Å²) in [5, 5.41) is 8.59. The van der Waals surface area contributed by atoms with E-state index < -0.39 is 12.0 Å². The molecule has 0 saturated carbocycles. The third-order valence-corrected chi connectivity index (χ3v) is 1.95. The van der Waals surface area contributed by atoms with Gasteiger partial charge in [0.1, 0.15) is 6.04 Å². The van der Waals surface area contributed by atoms with Crippen molar-refractivity contribution in [2.24, 2.45) is 10.9 Å². The van der Waals surface area contributed by atoms with Crippen LogP contribution in [0.25, 0.3) is 0 Å². The molecule has 0 radical (unpaired) electrons. The van der Waals surface area contributed by atoms with E-state index in [2.05, 4.69) is 11.9 Å². The lowest BCUT2D eigenvalue weighted by Crippen LogP contribution is -2.15. The van der Waals surface area contributed by atoms with Gasteiger partial charge in [-0.25, -0.2) is 4.79 Å². The van der Waals surface area contributed by atoms with E-state index in [1.165, 1.54) is 0 Å². The number of aliphatic imine (C=N–C) groups is 1. The lowest BCUT2D eigenvalue weighted by molar-refractivity contribution is -0.138. The zero-order chi connectivity index (χ0) is 8.27. The summed E-state index contributed by atoms with van der Waals surface area (Å²) in [6.45, 7) is 2.10.